The van der Waals surface area contributed by atoms with Crippen molar-refractivity contribution in [2.75, 3.05) is 0 Å². The molecule has 2 aromatic carbocycles. The van der Waals surface area contributed by atoms with Gasteiger partial charge < -0.3 is 16.4 Å². The number of carbonyl (C=O) groups is 2. The molecule has 1 unspecified atom stereocenters. The molecule has 0 saturated heterocycles. The third-order valence-corrected chi connectivity index (χ3v) is 4.46. The van der Waals surface area contributed by atoms with E-state index >= 15 is 0 Å². The molecule has 0 heterocycles. The van der Waals surface area contributed by atoms with E-state index in [4.69, 9.17) is 5.73 Å². The Bertz CT molecular complexity index is 779. The summed E-state index contributed by atoms with van der Waals surface area (Å²) in [6.07, 6.45) is 1.34. The molecule has 3 rings (SSSR count). The smallest absolute Gasteiger partial charge is 0.312 e. The Morgan fingerprint density at radius 1 is 1.16 bits per heavy atom. The number of primary amides is 1. The normalized spacial score (nSPS) is 16.8. The maximum atomic E-state index is 13.8. The Balaban J connectivity index is 1.69. The average Bonchev–Trinajstić information content (AvgIpc) is 2.99. The van der Waals surface area contributed by atoms with Crippen molar-refractivity contribution in [3.8, 4) is 0 Å². The van der Waals surface area contributed by atoms with Gasteiger partial charge in [0.2, 0.25) is 5.91 Å². The summed E-state index contributed by atoms with van der Waals surface area (Å²) in [5.41, 5.74) is 7.52. The molecule has 6 heteroatoms. The van der Waals surface area contributed by atoms with Gasteiger partial charge in [0, 0.05) is 0 Å². The molecule has 0 saturated carbocycles. The van der Waals surface area contributed by atoms with E-state index < -0.39 is 12.1 Å². The topological polar surface area (TPSA) is 84.2 Å². The minimum absolute atomic E-state index is 0.0636. The maximum Gasteiger partial charge on any atom is 0.312 e. The van der Waals surface area contributed by atoms with Crippen molar-refractivity contribution in [3.05, 3.63) is 71.0 Å². The van der Waals surface area contributed by atoms with Crippen molar-refractivity contribution >= 4 is 11.9 Å². The monoisotopic (exact) mass is 341 g/mol. The van der Waals surface area contributed by atoms with Gasteiger partial charge in [-0.25, -0.2) is 9.18 Å². The van der Waals surface area contributed by atoms with Crippen LogP contribution in [0.15, 0.2) is 48.5 Å². The number of benzene rings is 2. The van der Waals surface area contributed by atoms with Crippen molar-refractivity contribution < 1.29 is 14.0 Å². The van der Waals surface area contributed by atoms with Crippen LogP contribution in [0.1, 0.15) is 41.6 Å². The number of nitrogens with two attached hydrogens (primary N) is 1. The molecule has 1 aliphatic rings. The molecule has 2 atom stereocenters. The Kier molecular flexibility index (Phi) is 4.97. The lowest BCUT2D eigenvalue weighted by Crippen LogP contribution is -2.37. The summed E-state index contributed by atoms with van der Waals surface area (Å²) in [6, 6.07) is 12.7. The Morgan fingerprint density at radius 3 is 2.64 bits per heavy atom. The molecule has 0 bridgehead atoms. The van der Waals surface area contributed by atoms with Crippen LogP contribution in [0.4, 0.5) is 9.18 Å². The molecule has 5 nitrogen and oxygen atoms in total. The van der Waals surface area contributed by atoms with E-state index in [2.05, 4.69) is 10.6 Å². The van der Waals surface area contributed by atoms with Crippen LogP contribution in [0.3, 0.4) is 0 Å². The molecule has 4 N–H and O–H groups in total. The number of hydrogen-bond acceptors (Lipinski definition) is 2. The van der Waals surface area contributed by atoms with Gasteiger partial charge in [0.1, 0.15) is 5.82 Å². The summed E-state index contributed by atoms with van der Waals surface area (Å²) < 4.78 is 13.8. The minimum atomic E-state index is -0.685. The summed E-state index contributed by atoms with van der Waals surface area (Å²) in [6.45, 7) is 0. The molecular formula is C19H20FN3O2. The van der Waals surface area contributed by atoms with Crippen LogP contribution < -0.4 is 16.4 Å². The summed E-state index contributed by atoms with van der Waals surface area (Å²) in [4.78, 5) is 23.7. The van der Waals surface area contributed by atoms with Gasteiger partial charge in [0.05, 0.1) is 18.5 Å². The zero-order valence-electron chi connectivity index (χ0n) is 13.7. The highest BCUT2D eigenvalue weighted by atomic mass is 19.1. The zero-order chi connectivity index (χ0) is 17.8. The third kappa shape index (κ3) is 3.96. The van der Waals surface area contributed by atoms with Crippen molar-refractivity contribution in [2.45, 2.75) is 31.3 Å². The van der Waals surface area contributed by atoms with Gasteiger partial charge in [-0.15, -0.1) is 0 Å². The predicted octanol–water partition coefficient (Wildman–Crippen LogP) is 2.73. The first kappa shape index (κ1) is 17.0. The standard InChI is InChI=1S/C19H20FN3O2/c20-15-8-4-7-14-13(15)9-10-16(14)22-18(24)11-17(23-19(21)25)12-5-2-1-3-6-12/h1-8,16-17H,9-11H2,(H,22,24)(H3,21,23,25)/t16-,17?/m1/s1. The van der Waals surface area contributed by atoms with Crippen molar-refractivity contribution in [2.24, 2.45) is 5.73 Å². The van der Waals surface area contributed by atoms with Gasteiger partial charge in [-0.3, -0.25) is 4.79 Å². The second-order valence-electron chi connectivity index (χ2n) is 6.14. The largest absolute Gasteiger partial charge is 0.352 e. The van der Waals surface area contributed by atoms with Gasteiger partial charge >= 0.3 is 6.03 Å². The van der Waals surface area contributed by atoms with Gasteiger partial charge in [-0.05, 0) is 35.6 Å². The Hall–Kier alpha value is -2.89. The zero-order valence-corrected chi connectivity index (χ0v) is 13.7. The lowest BCUT2D eigenvalue weighted by atomic mass is 10.0. The molecule has 25 heavy (non-hydrogen) atoms. The van der Waals surface area contributed by atoms with E-state index in [0.29, 0.717) is 18.4 Å². The third-order valence-electron chi connectivity index (χ3n) is 4.46. The number of nitrogens with one attached hydrogen (secondary N) is 2. The molecule has 1 aliphatic carbocycles. The Labute approximate surface area is 145 Å². The molecule has 3 amide bonds. The number of rotatable bonds is 5. The van der Waals surface area contributed by atoms with Crippen LogP contribution >= 0.6 is 0 Å². The number of fused-ring (bicyclic) bond motifs is 1. The molecule has 130 valence electrons. The van der Waals surface area contributed by atoms with E-state index in [0.717, 1.165) is 11.1 Å². The lowest BCUT2D eigenvalue weighted by molar-refractivity contribution is -0.122. The Morgan fingerprint density at radius 2 is 1.92 bits per heavy atom. The van der Waals surface area contributed by atoms with Crippen molar-refractivity contribution in [1.82, 2.24) is 10.6 Å². The predicted molar refractivity (Wildman–Crippen MR) is 92.1 cm³/mol. The van der Waals surface area contributed by atoms with Crippen LogP contribution in [0, 0.1) is 5.82 Å². The molecular weight excluding hydrogens is 321 g/mol. The molecule has 0 aliphatic heterocycles. The first-order valence-electron chi connectivity index (χ1n) is 8.22. The van der Waals surface area contributed by atoms with Crippen molar-refractivity contribution in [3.63, 3.8) is 0 Å². The summed E-state index contributed by atoms with van der Waals surface area (Å²) in [5.74, 6) is -0.448. The number of carbonyl (C=O) groups excluding carboxylic acids is 2. The van der Waals surface area contributed by atoms with Crippen LogP contribution in [-0.2, 0) is 11.2 Å². The van der Waals surface area contributed by atoms with Gasteiger partial charge in [-0.1, -0.05) is 42.5 Å². The molecule has 0 aromatic heterocycles. The first-order chi connectivity index (χ1) is 12.0. The van der Waals surface area contributed by atoms with Crippen LogP contribution in [0.5, 0.6) is 0 Å². The molecule has 0 fully saturated rings. The number of amides is 3. The fourth-order valence-corrected chi connectivity index (χ4v) is 3.31. The van der Waals surface area contributed by atoms with E-state index in [1.54, 1.807) is 6.07 Å². The van der Waals surface area contributed by atoms with E-state index in [1.165, 1.54) is 6.07 Å². The summed E-state index contributed by atoms with van der Waals surface area (Å²) >= 11 is 0. The van der Waals surface area contributed by atoms with Crippen molar-refractivity contribution in [1.29, 1.82) is 0 Å². The van der Waals surface area contributed by atoms with Gasteiger partial charge in [0.25, 0.3) is 0 Å². The molecule has 0 radical (unpaired) electrons. The highest BCUT2D eigenvalue weighted by Gasteiger charge is 2.27. The highest BCUT2D eigenvalue weighted by molar-refractivity contribution is 5.79. The van der Waals surface area contributed by atoms with Crippen LogP contribution in [0.25, 0.3) is 0 Å². The van der Waals surface area contributed by atoms with Gasteiger partial charge in [0.15, 0.2) is 0 Å². The highest BCUT2D eigenvalue weighted by Crippen LogP contribution is 2.32. The summed E-state index contributed by atoms with van der Waals surface area (Å²) in [7, 11) is 0. The van der Waals surface area contributed by atoms with Gasteiger partial charge in [-0.2, -0.15) is 0 Å². The minimum Gasteiger partial charge on any atom is -0.352 e. The number of hydrogen-bond donors (Lipinski definition) is 3. The van der Waals surface area contributed by atoms with E-state index in [1.807, 2.05) is 36.4 Å². The van der Waals surface area contributed by atoms with E-state index in [-0.39, 0.29) is 24.2 Å². The summed E-state index contributed by atoms with van der Waals surface area (Å²) in [5, 5.41) is 5.54. The van der Waals surface area contributed by atoms with E-state index in [9.17, 15) is 14.0 Å². The average molecular weight is 341 g/mol. The quantitative estimate of drug-likeness (QED) is 0.781. The molecule has 2 aromatic rings. The second kappa shape index (κ2) is 7.34. The first-order valence-corrected chi connectivity index (χ1v) is 8.22. The second-order valence-corrected chi connectivity index (χ2v) is 6.14. The maximum absolute atomic E-state index is 13.8. The SMILES string of the molecule is NC(=O)NC(CC(=O)N[C@@H]1CCc2c(F)cccc21)c1ccccc1. The molecule has 0 spiro atoms. The van der Waals surface area contributed by atoms with Crippen LogP contribution in [-0.4, -0.2) is 11.9 Å². The number of halogens is 1. The fraction of sp³-hybridized carbons (Fsp3) is 0.263. The number of urea groups is 1. The van der Waals surface area contributed by atoms with Crippen LogP contribution in [0.2, 0.25) is 0 Å². The fourth-order valence-electron chi connectivity index (χ4n) is 3.31. The lowest BCUT2D eigenvalue weighted by Gasteiger charge is -2.20.